The molecule has 0 amide bonds. The predicted molar refractivity (Wildman–Crippen MR) is 86.5 cm³/mol. The van der Waals surface area contributed by atoms with Crippen LogP contribution in [-0.2, 0) is 6.54 Å². The third kappa shape index (κ3) is 2.54. The van der Waals surface area contributed by atoms with Gasteiger partial charge < -0.3 is 9.73 Å². The second-order valence-electron chi connectivity index (χ2n) is 6.04. The van der Waals surface area contributed by atoms with Crippen LogP contribution < -0.4 is 5.32 Å². The minimum atomic E-state index is 0.652. The van der Waals surface area contributed by atoms with Crippen LogP contribution in [0.5, 0.6) is 0 Å². The van der Waals surface area contributed by atoms with Crippen LogP contribution in [0.1, 0.15) is 30.8 Å². The Morgan fingerprint density at radius 1 is 1.05 bits per heavy atom. The van der Waals surface area contributed by atoms with Crippen molar-refractivity contribution in [3.05, 3.63) is 66.1 Å². The van der Waals surface area contributed by atoms with Crippen LogP contribution in [-0.4, -0.2) is 0 Å². The van der Waals surface area contributed by atoms with E-state index >= 15 is 0 Å². The number of anilines is 1. The Labute approximate surface area is 124 Å². The second kappa shape index (κ2) is 4.96. The lowest BCUT2D eigenvalue weighted by Gasteiger charge is -2.06. The lowest BCUT2D eigenvalue weighted by molar-refractivity contribution is 0.468. The van der Waals surface area contributed by atoms with Crippen molar-refractivity contribution in [3.8, 4) is 0 Å². The van der Waals surface area contributed by atoms with Crippen LogP contribution in [0.15, 0.2) is 59.0 Å². The minimum Gasteiger partial charge on any atom is -0.464 e. The average Bonchev–Trinajstić information content (AvgIpc) is 3.07. The molecule has 2 atom stereocenters. The molecule has 2 nitrogen and oxygen atoms in total. The smallest absolute Gasteiger partial charge is 0.123 e. The monoisotopic (exact) mass is 277 g/mol. The van der Waals surface area contributed by atoms with Crippen molar-refractivity contribution >= 4 is 16.5 Å². The van der Waals surface area contributed by atoms with E-state index < -0.39 is 0 Å². The third-order valence-corrected chi connectivity index (χ3v) is 4.37. The first-order valence-corrected chi connectivity index (χ1v) is 7.61. The molecule has 1 heterocycles. The van der Waals surface area contributed by atoms with Crippen molar-refractivity contribution in [1.82, 2.24) is 0 Å². The first-order valence-electron chi connectivity index (χ1n) is 7.61. The lowest BCUT2D eigenvalue weighted by Crippen LogP contribution is -1.97. The Morgan fingerprint density at radius 2 is 1.86 bits per heavy atom. The predicted octanol–water partition coefficient (Wildman–Crippen LogP) is 5.17. The maximum atomic E-state index is 5.92. The molecule has 2 aromatic carbocycles. The molecule has 0 aliphatic heterocycles. The zero-order chi connectivity index (χ0) is 14.2. The molecule has 2 heteroatoms. The molecule has 0 spiro atoms. The van der Waals surface area contributed by atoms with Gasteiger partial charge in [0.05, 0.1) is 6.54 Å². The van der Waals surface area contributed by atoms with Crippen molar-refractivity contribution in [3.63, 3.8) is 0 Å². The number of rotatable bonds is 4. The van der Waals surface area contributed by atoms with E-state index in [9.17, 15) is 0 Å². The molecule has 1 aliphatic rings. The number of furan rings is 1. The summed E-state index contributed by atoms with van der Waals surface area (Å²) >= 11 is 0. The van der Waals surface area contributed by atoms with Gasteiger partial charge in [-0.3, -0.25) is 0 Å². The highest BCUT2D eigenvalue weighted by Gasteiger charge is 2.36. The number of nitrogens with one attached hydrogen (secondary N) is 1. The summed E-state index contributed by atoms with van der Waals surface area (Å²) in [6.07, 6.45) is 1.27. The number of hydrogen-bond acceptors (Lipinski definition) is 2. The number of benzene rings is 2. The Hall–Kier alpha value is -2.22. The summed E-state index contributed by atoms with van der Waals surface area (Å²) in [6.45, 7) is 3.01. The fraction of sp³-hybridized carbons (Fsp3) is 0.263. The highest BCUT2D eigenvalue weighted by Crippen LogP contribution is 2.47. The Morgan fingerprint density at radius 3 is 2.67 bits per heavy atom. The van der Waals surface area contributed by atoms with Crippen LogP contribution in [0, 0.1) is 5.92 Å². The highest BCUT2D eigenvalue weighted by atomic mass is 16.3. The lowest BCUT2D eigenvalue weighted by atomic mass is 10.1. The molecule has 106 valence electrons. The van der Waals surface area contributed by atoms with Gasteiger partial charge in [-0.25, -0.2) is 0 Å². The summed E-state index contributed by atoms with van der Waals surface area (Å²) in [5.74, 6) is 3.60. The van der Waals surface area contributed by atoms with Crippen LogP contribution in [0.4, 0.5) is 5.69 Å². The minimum absolute atomic E-state index is 0.652. The molecule has 4 rings (SSSR count). The van der Waals surface area contributed by atoms with Gasteiger partial charge in [-0.05, 0) is 47.4 Å². The quantitative estimate of drug-likeness (QED) is 0.711. The fourth-order valence-corrected chi connectivity index (χ4v) is 2.90. The largest absolute Gasteiger partial charge is 0.464 e. The average molecular weight is 277 g/mol. The summed E-state index contributed by atoms with van der Waals surface area (Å²) < 4.78 is 5.92. The van der Waals surface area contributed by atoms with E-state index in [1.807, 2.05) is 0 Å². The van der Waals surface area contributed by atoms with E-state index in [0.29, 0.717) is 5.92 Å². The van der Waals surface area contributed by atoms with Gasteiger partial charge in [-0.2, -0.15) is 0 Å². The molecule has 1 fully saturated rings. The maximum absolute atomic E-state index is 5.92. The SMILES string of the molecule is CC1CC1c1ccc(CNc2ccc3ccccc3c2)o1. The Balaban J connectivity index is 1.46. The van der Waals surface area contributed by atoms with Crippen molar-refractivity contribution in [2.45, 2.75) is 25.8 Å². The normalized spacial score (nSPS) is 20.6. The van der Waals surface area contributed by atoms with Gasteiger partial charge in [-0.1, -0.05) is 37.3 Å². The van der Waals surface area contributed by atoms with E-state index in [1.165, 1.54) is 17.2 Å². The summed E-state index contributed by atoms with van der Waals surface area (Å²) in [5, 5.41) is 5.97. The van der Waals surface area contributed by atoms with E-state index in [4.69, 9.17) is 4.42 Å². The zero-order valence-corrected chi connectivity index (χ0v) is 12.2. The van der Waals surface area contributed by atoms with Crippen molar-refractivity contribution < 1.29 is 4.42 Å². The molecule has 0 saturated heterocycles. The van der Waals surface area contributed by atoms with Gasteiger partial charge in [-0.15, -0.1) is 0 Å². The van der Waals surface area contributed by atoms with Crippen molar-refractivity contribution in [1.29, 1.82) is 0 Å². The first-order chi connectivity index (χ1) is 10.3. The van der Waals surface area contributed by atoms with Gasteiger partial charge >= 0.3 is 0 Å². The van der Waals surface area contributed by atoms with Gasteiger partial charge in [0.15, 0.2) is 0 Å². The molecule has 21 heavy (non-hydrogen) atoms. The molecular formula is C19H19NO. The Kier molecular flexibility index (Phi) is 2.95. The van der Waals surface area contributed by atoms with Gasteiger partial charge in [0, 0.05) is 11.6 Å². The standard InChI is InChI=1S/C19H19NO/c1-13-10-18(13)19-9-8-17(21-19)12-20-16-7-6-14-4-2-3-5-15(14)11-16/h2-9,11,13,18,20H,10,12H2,1H3. The number of fused-ring (bicyclic) bond motifs is 1. The van der Waals surface area contributed by atoms with Gasteiger partial charge in [0.1, 0.15) is 11.5 Å². The maximum Gasteiger partial charge on any atom is 0.123 e. The molecule has 1 saturated carbocycles. The van der Waals surface area contributed by atoms with Crippen LogP contribution in [0.3, 0.4) is 0 Å². The number of hydrogen-bond donors (Lipinski definition) is 1. The van der Waals surface area contributed by atoms with Crippen LogP contribution in [0.2, 0.25) is 0 Å². The molecule has 1 aliphatic carbocycles. The third-order valence-electron chi connectivity index (χ3n) is 4.37. The summed E-state index contributed by atoms with van der Waals surface area (Å²) in [6, 6.07) is 19.1. The molecule has 2 unspecified atom stereocenters. The van der Waals surface area contributed by atoms with Crippen molar-refractivity contribution in [2.24, 2.45) is 5.92 Å². The van der Waals surface area contributed by atoms with E-state index in [2.05, 4.69) is 66.8 Å². The summed E-state index contributed by atoms with van der Waals surface area (Å²) in [5.41, 5.74) is 1.13. The molecule has 0 bridgehead atoms. The molecule has 3 aromatic rings. The molecule has 1 aromatic heterocycles. The van der Waals surface area contributed by atoms with E-state index in [0.717, 1.165) is 29.7 Å². The molecule has 0 radical (unpaired) electrons. The fourth-order valence-electron chi connectivity index (χ4n) is 2.90. The highest BCUT2D eigenvalue weighted by molar-refractivity contribution is 5.85. The second-order valence-corrected chi connectivity index (χ2v) is 6.04. The Bertz CT molecular complexity index is 774. The van der Waals surface area contributed by atoms with Crippen molar-refractivity contribution in [2.75, 3.05) is 5.32 Å². The first kappa shape index (κ1) is 12.5. The summed E-state index contributed by atoms with van der Waals surface area (Å²) in [7, 11) is 0. The van der Waals surface area contributed by atoms with Crippen LogP contribution >= 0.6 is 0 Å². The van der Waals surface area contributed by atoms with E-state index in [-0.39, 0.29) is 0 Å². The molecule has 1 N–H and O–H groups in total. The van der Waals surface area contributed by atoms with E-state index in [1.54, 1.807) is 0 Å². The van der Waals surface area contributed by atoms with Gasteiger partial charge in [0.2, 0.25) is 0 Å². The topological polar surface area (TPSA) is 25.2 Å². The summed E-state index contributed by atoms with van der Waals surface area (Å²) in [4.78, 5) is 0. The van der Waals surface area contributed by atoms with Gasteiger partial charge in [0.25, 0.3) is 0 Å². The molecular weight excluding hydrogens is 258 g/mol. The van der Waals surface area contributed by atoms with Crippen LogP contribution in [0.25, 0.3) is 10.8 Å². The zero-order valence-electron chi connectivity index (χ0n) is 12.2.